The Morgan fingerprint density at radius 2 is 0.904 bits per heavy atom. The predicted octanol–water partition coefficient (Wildman–Crippen LogP) is 18.0. The fourth-order valence-electron chi connectivity index (χ4n) is 14.1. The Labute approximate surface area is 669 Å². The molecule has 0 amide bonds. The van der Waals surface area contributed by atoms with Gasteiger partial charge in [-0.15, -0.1) is 15.0 Å². The highest BCUT2D eigenvalue weighted by Crippen LogP contribution is 2.43. The Balaban J connectivity index is 0.000000135. The highest BCUT2D eigenvalue weighted by atomic mass is 35.5. The van der Waals surface area contributed by atoms with Crippen LogP contribution in [0.5, 0.6) is 17.2 Å². The number of aryl methyl sites for hydroxylation is 5. The van der Waals surface area contributed by atoms with Gasteiger partial charge in [-0.1, -0.05) is 67.7 Å². The maximum absolute atomic E-state index is 7.34. The van der Waals surface area contributed by atoms with Crippen LogP contribution in [0.25, 0.3) is 70.6 Å². The number of anilines is 7. The first-order valence-electron chi connectivity index (χ1n) is 37.2. The van der Waals surface area contributed by atoms with Crippen molar-refractivity contribution in [2.45, 2.75) is 91.0 Å². The zero-order chi connectivity index (χ0) is 80.2. The Bertz CT molecular complexity index is 6060. The lowest BCUT2D eigenvalue weighted by Gasteiger charge is -2.25. The number of aromatic nitrogens is 16. The van der Waals surface area contributed by atoms with Crippen molar-refractivity contribution in [1.29, 1.82) is 0 Å². The average molecular weight is 1560 g/mol. The van der Waals surface area contributed by atoms with E-state index in [-0.39, 0.29) is 12.5 Å². The second-order valence-electron chi connectivity index (χ2n) is 27.6. The molecule has 30 heteroatoms. The van der Waals surface area contributed by atoms with Gasteiger partial charge in [0, 0.05) is 75.3 Å². The summed E-state index contributed by atoms with van der Waals surface area (Å²) in [5.74, 6) is 5.31. The van der Waals surface area contributed by atoms with E-state index in [1.165, 1.54) is 0 Å². The van der Waals surface area contributed by atoms with Crippen molar-refractivity contribution in [3.63, 3.8) is 0 Å². The van der Waals surface area contributed by atoms with E-state index in [4.69, 9.17) is 85.7 Å². The van der Waals surface area contributed by atoms with Crippen molar-refractivity contribution in [2.24, 2.45) is 26.1 Å². The summed E-state index contributed by atoms with van der Waals surface area (Å²) in [6.45, 7) is 28.5. The van der Waals surface area contributed by atoms with Crippen LogP contribution < -0.4 is 35.9 Å². The number of nitrogen functional groups attached to an aromatic ring is 1. The van der Waals surface area contributed by atoms with E-state index in [2.05, 4.69) is 69.9 Å². The highest BCUT2D eigenvalue weighted by Gasteiger charge is 2.28. The van der Waals surface area contributed by atoms with E-state index in [0.717, 1.165) is 199 Å². The minimum absolute atomic E-state index is 0.0692. The molecule has 0 spiro atoms. The van der Waals surface area contributed by atoms with Crippen molar-refractivity contribution in [3.8, 4) is 51.0 Å². The number of halogens is 1. The van der Waals surface area contributed by atoms with Crippen LogP contribution in [-0.4, -0.2) is 118 Å². The quantitative estimate of drug-likeness (QED) is 0.0458. The fourth-order valence-corrected chi connectivity index (χ4v) is 14.3. The number of aliphatic imine (C=N–C) groups is 1. The molecule has 2 unspecified atom stereocenters. The third-order valence-electron chi connectivity index (χ3n) is 19.6. The number of methoxy groups -OCH3 is 3. The molecule has 11 aromatic heterocycles. The number of imidazole rings is 5. The number of benzene rings is 3. The summed E-state index contributed by atoms with van der Waals surface area (Å²) in [5, 5.41) is 10.9. The summed E-state index contributed by atoms with van der Waals surface area (Å²) < 4.78 is 39.4. The molecule has 3 aromatic carbocycles. The van der Waals surface area contributed by atoms with Crippen LogP contribution in [0.4, 0.5) is 63.1 Å². The third-order valence-corrected chi connectivity index (χ3v) is 19.8. The zero-order valence-corrected chi connectivity index (χ0v) is 65.7. The van der Waals surface area contributed by atoms with Crippen molar-refractivity contribution in [3.05, 3.63) is 244 Å². The van der Waals surface area contributed by atoms with Gasteiger partial charge in [0.1, 0.15) is 74.6 Å². The largest absolute Gasteiger partial charge is 0.495 e. The Morgan fingerprint density at radius 3 is 1.32 bits per heavy atom. The van der Waals surface area contributed by atoms with E-state index in [1.54, 1.807) is 76.7 Å². The van der Waals surface area contributed by atoms with Gasteiger partial charge in [0.15, 0.2) is 11.3 Å². The molecule has 3 aliphatic heterocycles. The smallest absolute Gasteiger partial charge is 0.271 e. The van der Waals surface area contributed by atoms with Gasteiger partial charge in [-0.05, 0) is 138 Å². The molecule has 29 nitrogen and oxygen atoms in total. The lowest BCUT2D eigenvalue weighted by atomic mass is 10.1. The van der Waals surface area contributed by atoms with Crippen molar-refractivity contribution < 1.29 is 23.7 Å². The molecule has 0 bridgehead atoms. The van der Waals surface area contributed by atoms with Crippen LogP contribution >= 0.6 is 11.6 Å². The van der Waals surface area contributed by atoms with Crippen LogP contribution in [0.3, 0.4) is 0 Å². The fraction of sp³-hybridized carbons (Fsp3) is 0.259. The summed E-state index contributed by atoms with van der Waals surface area (Å²) in [7, 11) is 10.9. The maximum atomic E-state index is 7.34. The van der Waals surface area contributed by atoms with Crippen LogP contribution in [0.2, 0.25) is 5.15 Å². The monoisotopic (exact) mass is 1550 g/mol. The molecule has 2 saturated heterocycles. The number of nitrogens with two attached hydrogens (primary N) is 1. The minimum atomic E-state index is -0.106. The highest BCUT2D eigenvalue weighted by molar-refractivity contribution is 6.30. The molecule has 0 radical (unpaired) electrons. The topological polar surface area (TPSA) is 300 Å². The van der Waals surface area contributed by atoms with Crippen molar-refractivity contribution >= 4 is 103 Å². The molecule has 3 aliphatic rings. The second kappa shape index (κ2) is 35.2. The molecule has 2 atom stereocenters. The Kier molecular flexibility index (Phi) is 23.8. The number of rotatable bonds is 18. The lowest BCUT2D eigenvalue weighted by molar-refractivity contribution is -0.0310. The number of pyridine rings is 6. The molecule has 17 rings (SSSR count). The second-order valence-corrected chi connectivity index (χ2v) is 27.9. The van der Waals surface area contributed by atoms with E-state index >= 15 is 0 Å². The summed E-state index contributed by atoms with van der Waals surface area (Å²) in [6, 6.07) is 39.8. The normalized spacial score (nSPS) is 14.1. The first-order chi connectivity index (χ1) is 55.9. The van der Waals surface area contributed by atoms with E-state index in [1.807, 2.05) is 170 Å². The summed E-state index contributed by atoms with van der Waals surface area (Å²) >= 11 is 6.42. The maximum Gasteiger partial charge on any atom is 0.271 e. The van der Waals surface area contributed by atoms with Crippen molar-refractivity contribution in [1.82, 2.24) is 77.7 Å². The number of nitrogens with zero attached hydrogens (tertiary/aromatic N) is 20. The Hall–Kier alpha value is -13.9. The number of hydrogen-bond donors (Lipinski definition) is 4. The van der Waals surface area contributed by atoms with Gasteiger partial charge in [0.25, 0.3) is 17.5 Å². The minimum Gasteiger partial charge on any atom is -0.495 e. The molecule has 2 fully saturated rings. The standard InChI is InChI=1S/C30H30N8O2.C26H23N7O.C23H25ClN6O2.C6H5N3/c1-19-33-29-24(36-23-12-11-20(14-26(23)39-4)25-17-32-18-37(25)3)16-22(15-21-8-7-9-27(31-2)34-21)35-30(29)38(19)28-10-5-6-13-40-28;1-16-10-21-26(29-16)22(13-19(30-21)12-18-6-5-7-25(27-2)31-18)32-20-9-8-17(11-24(20)34-4)23-14-28-15-33(23)3;1-14-26-22-17(11-20(24)28-23(22)30(14)21-6-4-5-9-32-21)27-16-8-7-15(10-19(16)31-3)18-12-25-13-29(18)2;1-8-6-4-2-3-5(7)9-6/h7-9,11-12,14,16-18,28H,5-6,10,13,15H2,1,3-4H3,(H,35,36);5-9,11,13-15H,10,12H2,1,3-4H3,(H,30,32);7-8,10-13,21H,4-6,9H2,1-3H3,(H,27,28);2-4H,(H2,7,9). The van der Waals surface area contributed by atoms with Gasteiger partial charge >= 0.3 is 0 Å². The zero-order valence-electron chi connectivity index (χ0n) is 65.0. The first-order valence-corrected chi connectivity index (χ1v) is 37.6. The van der Waals surface area contributed by atoms with Gasteiger partial charge in [-0.25, -0.2) is 34.9 Å². The number of hydrogen-bond acceptors (Lipinski definition) is 21. The van der Waals surface area contributed by atoms with Gasteiger partial charge in [0.2, 0.25) is 5.82 Å². The average Bonchev–Trinajstić information content (AvgIpc) is 1.64. The molecule has 115 heavy (non-hydrogen) atoms. The van der Waals surface area contributed by atoms with Gasteiger partial charge in [-0.3, -0.25) is 19.1 Å². The molecular formula is C85H83ClN24O5. The number of fused-ring (bicyclic) bond motifs is 3. The van der Waals surface area contributed by atoms with E-state index in [0.29, 0.717) is 59.2 Å². The number of ether oxygens (including phenoxy) is 5. The van der Waals surface area contributed by atoms with Crippen molar-refractivity contribution in [2.75, 3.05) is 56.2 Å². The molecule has 5 N–H and O–H groups in total. The van der Waals surface area contributed by atoms with E-state index < -0.39 is 0 Å². The molecule has 0 saturated carbocycles. The van der Waals surface area contributed by atoms with Crippen LogP contribution in [0, 0.1) is 33.6 Å². The summed E-state index contributed by atoms with van der Waals surface area (Å²) in [5.41, 5.74) is 25.3. The summed E-state index contributed by atoms with van der Waals surface area (Å²) in [4.78, 5) is 64.2. The van der Waals surface area contributed by atoms with Crippen LogP contribution in [0.15, 0.2) is 170 Å². The molecule has 14 aromatic rings. The third kappa shape index (κ3) is 17.7. The molecular weight excluding hydrogens is 1470 g/mol. The Morgan fingerprint density at radius 1 is 0.478 bits per heavy atom. The van der Waals surface area contributed by atoms with Crippen LogP contribution in [0.1, 0.15) is 98.0 Å². The van der Waals surface area contributed by atoms with Gasteiger partial charge < -0.3 is 73.6 Å². The predicted molar refractivity (Wildman–Crippen MR) is 445 cm³/mol. The lowest BCUT2D eigenvalue weighted by Crippen LogP contribution is -2.19. The van der Waals surface area contributed by atoms with Crippen LogP contribution in [-0.2, 0) is 49.9 Å². The van der Waals surface area contributed by atoms with Gasteiger partial charge in [0.05, 0.1) is 140 Å². The van der Waals surface area contributed by atoms with E-state index in [9.17, 15) is 0 Å². The molecule has 14 heterocycles. The molecule has 580 valence electrons. The number of nitrogens with one attached hydrogen (secondary N) is 3. The summed E-state index contributed by atoms with van der Waals surface area (Å²) in [6.07, 6.45) is 18.6. The SMILES string of the molecule is COc1cc(-c2cncn2C)ccc1Nc1cc(Cl)nc2c1nc(C)n2C1CCCCO1.[C-]#[N+]c1cccc(Cc2cc(Nc3ccc(-c4cncn4C)cc3OC)c3c(n2)CC(C)=N3)n1.[C-]#[N+]c1cccc(Cc2cc(Nc3ccc(-c4cncn4C)cc3OC)c3nc(C)n(C4CCCCO4)c3n2)n1.[C-]#[N+]c1cccc(N)n1. The first kappa shape index (κ1) is 77.8. The molecule has 0 aliphatic carbocycles. The van der Waals surface area contributed by atoms with Gasteiger partial charge in [-0.2, -0.15) is 0 Å².